The van der Waals surface area contributed by atoms with Crippen molar-refractivity contribution in [3.63, 3.8) is 0 Å². The summed E-state index contributed by atoms with van der Waals surface area (Å²) in [6.07, 6.45) is -1.53. The fraction of sp³-hybridized carbons (Fsp3) is 0.333. The molecule has 1 unspecified atom stereocenters. The number of aliphatic hydroxyl groups is 1. The molecule has 1 atom stereocenters. The maximum Gasteiger partial charge on any atom is 0.332 e. The van der Waals surface area contributed by atoms with Crippen LogP contribution in [0.15, 0.2) is 24.3 Å². The Hall–Kier alpha value is -2.28. The molecule has 0 saturated carbocycles. The molecular formula is C12H16N2O5. The van der Waals surface area contributed by atoms with E-state index in [9.17, 15) is 9.59 Å². The highest BCUT2D eigenvalue weighted by atomic mass is 16.5. The van der Waals surface area contributed by atoms with Gasteiger partial charge in [0.25, 0.3) is 0 Å². The number of methoxy groups -OCH3 is 1. The first-order valence-corrected chi connectivity index (χ1v) is 5.62. The van der Waals surface area contributed by atoms with E-state index >= 15 is 0 Å². The van der Waals surface area contributed by atoms with Gasteiger partial charge in [0.05, 0.1) is 7.11 Å². The number of benzene rings is 1. The number of carbonyl (C=O) groups excluding carboxylic acids is 1. The molecule has 104 valence electrons. The number of carbonyl (C=O) groups is 2. The van der Waals surface area contributed by atoms with Gasteiger partial charge >= 0.3 is 12.0 Å². The highest BCUT2D eigenvalue weighted by Crippen LogP contribution is 2.16. The second-order valence-electron chi connectivity index (χ2n) is 3.76. The monoisotopic (exact) mass is 268 g/mol. The maximum absolute atomic E-state index is 11.5. The van der Waals surface area contributed by atoms with Crippen LogP contribution in [-0.2, 0) is 4.79 Å². The molecule has 7 heteroatoms. The fourth-order valence-corrected chi connectivity index (χ4v) is 1.32. The summed E-state index contributed by atoms with van der Waals surface area (Å²) >= 11 is 0. The molecule has 0 bridgehead atoms. The minimum Gasteiger partial charge on any atom is -0.497 e. The lowest BCUT2D eigenvalue weighted by atomic mass is 10.2. The zero-order valence-corrected chi connectivity index (χ0v) is 10.4. The second kappa shape index (κ2) is 7.22. The minimum absolute atomic E-state index is 0.0547. The summed E-state index contributed by atoms with van der Waals surface area (Å²) in [6.45, 7) is 0.0588. The summed E-state index contributed by atoms with van der Waals surface area (Å²) in [5, 5.41) is 22.5. The van der Waals surface area contributed by atoms with Gasteiger partial charge in [0, 0.05) is 24.7 Å². The predicted octanol–water partition coefficient (Wildman–Crippen LogP) is 0.652. The average Bonchev–Trinajstić information content (AvgIpc) is 2.38. The topological polar surface area (TPSA) is 108 Å². The Balaban J connectivity index is 2.36. The molecule has 1 aromatic rings. The van der Waals surface area contributed by atoms with Gasteiger partial charge in [-0.25, -0.2) is 9.59 Å². The third-order valence-electron chi connectivity index (χ3n) is 2.32. The molecule has 7 nitrogen and oxygen atoms in total. The first-order valence-electron chi connectivity index (χ1n) is 5.62. The van der Waals surface area contributed by atoms with Gasteiger partial charge < -0.3 is 25.6 Å². The summed E-state index contributed by atoms with van der Waals surface area (Å²) in [5.41, 5.74) is 0.552. The van der Waals surface area contributed by atoms with E-state index < -0.39 is 18.1 Å². The average molecular weight is 268 g/mol. The van der Waals surface area contributed by atoms with Gasteiger partial charge in [0.1, 0.15) is 5.75 Å². The van der Waals surface area contributed by atoms with Crippen LogP contribution in [0.25, 0.3) is 0 Å². The highest BCUT2D eigenvalue weighted by Gasteiger charge is 2.12. The number of carboxylic acid groups (broad SMARTS) is 1. The van der Waals surface area contributed by atoms with Crippen molar-refractivity contribution < 1.29 is 24.5 Å². The van der Waals surface area contributed by atoms with E-state index in [1.165, 1.54) is 7.11 Å². The number of anilines is 1. The van der Waals surface area contributed by atoms with Crippen molar-refractivity contribution in [1.82, 2.24) is 5.32 Å². The summed E-state index contributed by atoms with van der Waals surface area (Å²) < 4.78 is 5.01. The number of amides is 2. The summed E-state index contributed by atoms with van der Waals surface area (Å²) in [4.78, 5) is 21.8. The van der Waals surface area contributed by atoms with E-state index in [-0.39, 0.29) is 13.0 Å². The Morgan fingerprint density at radius 1 is 1.42 bits per heavy atom. The normalized spacial score (nSPS) is 11.5. The fourth-order valence-electron chi connectivity index (χ4n) is 1.32. The van der Waals surface area contributed by atoms with Gasteiger partial charge in [-0.3, -0.25) is 0 Å². The van der Waals surface area contributed by atoms with E-state index in [1.54, 1.807) is 24.3 Å². The highest BCUT2D eigenvalue weighted by molar-refractivity contribution is 5.89. The van der Waals surface area contributed by atoms with Crippen LogP contribution in [0, 0.1) is 0 Å². The Morgan fingerprint density at radius 3 is 2.79 bits per heavy atom. The standard InChI is InChI=1S/C12H16N2O5/c1-19-9-4-2-3-8(7-9)14-12(18)13-6-5-10(15)11(16)17/h2-4,7,10,15H,5-6H2,1H3,(H,16,17)(H2,13,14,18). The number of ether oxygens (including phenoxy) is 1. The molecule has 0 aliphatic carbocycles. The molecule has 1 rings (SSSR count). The molecule has 2 amide bonds. The zero-order chi connectivity index (χ0) is 14.3. The number of hydrogen-bond acceptors (Lipinski definition) is 4. The number of nitrogens with one attached hydrogen (secondary N) is 2. The molecule has 0 radical (unpaired) electrons. The first kappa shape index (κ1) is 14.8. The smallest absolute Gasteiger partial charge is 0.332 e. The van der Waals surface area contributed by atoms with Gasteiger partial charge in [-0.2, -0.15) is 0 Å². The Labute approximate surface area is 110 Å². The zero-order valence-electron chi connectivity index (χ0n) is 10.4. The van der Waals surface area contributed by atoms with E-state index in [2.05, 4.69) is 10.6 Å². The summed E-state index contributed by atoms with van der Waals surface area (Å²) in [7, 11) is 1.52. The van der Waals surface area contributed by atoms with Crippen LogP contribution >= 0.6 is 0 Å². The molecule has 0 aliphatic heterocycles. The van der Waals surface area contributed by atoms with Crippen LogP contribution in [0.5, 0.6) is 5.75 Å². The first-order chi connectivity index (χ1) is 9.02. The van der Waals surface area contributed by atoms with E-state index in [4.69, 9.17) is 14.9 Å². The summed E-state index contributed by atoms with van der Waals surface area (Å²) in [5.74, 6) is -0.700. The van der Waals surface area contributed by atoms with Crippen molar-refractivity contribution in [3.05, 3.63) is 24.3 Å². The van der Waals surface area contributed by atoms with Crippen molar-refractivity contribution in [2.45, 2.75) is 12.5 Å². The number of carboxylic acids is 1. The molecule has 1 aromatic carbocycles. The van der Waals surface area contributed by atoms with E-state index in [0.29, 0.717) is 11.4 Å². The third-order valence-corrected chi connectivity index (χ3v) is 2.32. The van der Waals surface area contributed by atoms with Crippen molar-refractivity contribution >= 4 is 17.7 Å². The number of aliphatic hydroxyl groups excluding tert-OH is 1. The summed E-state index contributed by atoms with van der Waals surface area (Å²) in [6, 6.07) is 6.32. The Morgan fingerprint density at radius 2 is 2.16 bits per heavy atom. The molecule has 19 heavy (non-hydrogen) atoms. The lowest BCUT2D eigenvalue weighted by molar-refractivity contribution is -0.146. The predicted molar refractivity (Wildman–Crippen MR) is 68.3 cm³/mol. The van der Waals surface area contributed by atoms with Gasteiger partial charge in [0.2, 0.25) is 0 Å². The molecule has 0 saturated heterocycles. The molecule has 0 fully saturated rings. The van der Waals surface area contributed by atoms with Crippen LogP contribution in [0.1, 0.15) is 6.42 Å². The molecule has 0 aromatic heterocycles. The molecule has 0 aliphatic rings. The Bertz CT molecular complexity index is 450. The van der Waals surface area contributed by atoms with Crippen LogP contribution in [-0.4, -0.2) is 42.0 Å². The van der Waals surface area contributed by atoms with Crippen LogP contribution in [0.2, 0.25) is 0 Å². The van der Waals surface area contributed by atoms with Crippen molar-refractivity contribution in [1.29, 1.82) is 0 Å². The van der Waals surface area contributed by atoms with Crippen molar-refractivity contribution in [2.24, 2.45) is 0 Å². The van der Waals surface area contributed by atoms with Gasteiger partial charge in [0.15, 0.2) is 6.10 Å². The number of hydrogen-bond donors (Lipinski definition) is 4. The quantitative estimate of drug-likeness (QED) is 0.606. The lowest BCUT2D eigenvalue weighted by Crippen LogP contribution is -2.33. The van der Waals surface area contributed by atoms with Gasteiger partial charge in [-0.1, -0.05) is 6.07 Å². The van der Waals surface area contributed by atoms with E-state index in [1.807, 2.05) is 0 Å². The molecule has 4 N–H and O–H groups in total. The molecular weight excluding hydrogens is 252 g/mol. The maximum atomic E-state index is 11.5. The number of aliphatic carboxylic acids is 1. The van der Waals surface area contributed by atoms with Crippen LogP contribution < -0.4 is 15.4 Å². The Kier molecular flexibility index (Phi) is 5.62. The number of rotatable bonds is 6. The van der Waals surface area contributed by atoms with Crippen LogP contribution in [0.3, 0.4) is 0 Å². The largest absolute Gasteiger partial charge is 0.497 e. The molecule has 0 heterocycles. The van der Waals surface area contributed by atoms with Crippen molar-refractivity contribution in [3.8, 4) is 5.75 Å². The second-order valence-corrected chi connectivity index (χ2v) is 3.76. The van der Waals surface area contributed by atoms with Crippen molar-refractivity contribution in [2.75, 3.05) is 19.0 Å². The van der Waals surface area contributed by atoms with E-state index in [0.717, 1.165) is 0 Å². The number of urea groups is 1. The lowest BCUT2D eigenvalue weighted by Gasteiger charge is -2.09. The third kappa shape index (κ3) is 5.26. The SMILES string of the molecule is COc1cccc(NC(=O)NCCC(O)C(=O)O)c1. The van der Waals surface area contributed by atoms with Gasteiger partial charge in [-0.15, -0.1) is 0 Å². The van der Waals surface area contributed by atoms with Gasteiger partial charge in [-0.05, 0) is 12.1 Å². The molecule has 0 spiro atoms. The van der Waals surface area contributed by atoms with Crippen LogP contribution in [0.4, 0.5) is 10.5 Å². The minimum atomic E-state index is -1.47.